The normalized spacial score (nSPS) is 11.0. The van der Waals surface area contributed by atoms with E-state index in [0.717, 1.165) is 0 Å². The highest BCUT2D eigenvalue weighted by Crippen LogP contribution is 2.26. The summed E-state index contributed by atoms with van der Waals surface area (Å²) in [5, 5.41) is 9.40. The lowest BCUT2D eigenvalue weighted by atomic mass is 10.0. The fourth-order valence-electron chi connectivity index (χ4n) is 1.26. The second kappa shape index (κ2) is 4.79. The van der Waals surface area contributed by atoms with Crippen LogP contribution in [0.5, 0.6) is 0 Å². The average molecular weight is 266 g/mol. The van der Waals surface area contributed by atoms with Gasteiger partial charge in [-0.3, -0.25) is 4.98 Å². The zero-order valence-corrected chi connectivity index (χ0v) is 9.18. The molecule has 0 atom stereocenters. The molecule has 0 aromatic carbocycles. The Morgan fingerprint density at radius 2 is 2.21 bits per heavy atom. The van der Waals surface area contributed by atoms with Gasteiger partial charge in [0.05, 0.1) is 6.61 Å². The van der Waals surface area contributed by atoms with Crippen molar-refractivity contribution in [3.63, 3.8) is 0 Å². The third kappa shape index (κ3) is 2.09. The summed E-state index contributed by atoms with van der Waals surface area (Å²) in [6.07, 6.45) is -1.27. The van der Waals surface area contributed by atoms with Crippen molar-refractivity contribution >= 4 is 15.9 Å². The molecule has 1 heterocycles. The minimum absolute atomic E-state index is 0.182. The molecule has 1 aromatic heterocycles. The average Bonchev–Trinajstić information content (AvgIpc) is 2.16. The molecule has 14 heavy (non-hydrogen) atoms. The molecule has 1 N–H and O–H groups in total. The van der Waals surface area contributed by atoms with Gasteiger partial charge in [0.25, 0.3) is 6.43 Å². The Kier molecular flexibility index (Phi) is 3.95. The zero-order chi connectivity index (χ0) is 10.7. The van der Waals surface area contributed by atoms with Crippen LogP contribution in [0.1, 0.15) is 28.8 Å². The summed E-state index contributed by atoms with van der Waals surface area (Å²) in [5.41, 5.74) is 1.52. The van der Waals surface area contributed by atoms with Crippen LogP contribution < -0.4 is 0 Å². The summed E-state index contributed by atoms with van der Waals surface area (Å²) < 4.78 is 24.9. The van der Waals surface area contributed by atoms with E-state index in [1.807, 2.05) is 0 Å². The molecule has 0 spiro atoms. The number of nitrogens with zero attached hydrogens (tertiary/aromatic N) is 1. The Labute approximate surface area is 89.1 Å². The predicted molar refractivity (Wildman–Crippen MR) is 52.5 cm³/mol. The first-order valence-electron chi connectivity index (χ1n) is 4.04. The van der Waals surface area contributed by atoms with Crippen molar-refractivity contribution in [2.75, 3.05) is 0 Å². The monoisotopic (exact) mass is 265 g/mol. The van der Waals surface area contributed by atoms with Crippen molar-refractivity contribution in [2.24, 2.45) is 0 Å². The van der Waals surface area contributed by atoms with Crippen molar-refractivity contribution in [1.29, 1.82) is 0 Å². The molecule has 1 aromatic rings. The van der Waals surface area contributed by atoms with Crippen LogP contribution in [0, 0.1) is 6.92 Å². The number of aliphatic hydroxyl groups is 1. The van der Waals surface area contributed by atoms with E-state index < -0.39 is 6.43 Å². The molecule has 5 heteroatoms. The zero-order valence-electron chi connectivity index (χ0n) is 7.60. The second-order valence-electron chi connectivity index (χ2n) is 2.86. The Bertz CT molecular complexity index is 331. The Morgan fingerprint density at radius 3 is 2.64 bits per heavy atom. The minimum atomic E-state index is -2.57. The van der Waals surface area contributed by atoms with Crippen LogP contribution in [-0.4, -0.2) is 10.1 Å². The Morgan fingerprint density at radius 1 is 1.57 bits per heavy atom. The molecule has 0 aliphatic heterocycles. The van der Waals surface area contributed by atoms with Crippen molar-refractivity contribution in [2.45, 2.75) is 25.3 Å². The van der Waals surface area contributed by atoms with Crippen molar-refractivity contribution in [3.8, 4) is 0 Å². The standard InChI is InChI=1S/C9H10BrF2NO/c1-5-7(2-10)6(4-14)3-13-8(5)9(11)12/h3,9,14H,2,4H2,1H3. The third-order valence-electron chi connectivity index (χ3n) is 2.09. The molecule has 0 radical (unpaired) electrons. The van der Waals surface area contributed by atoms with E-state index in [-0.39, 0.29) is 12.3 Å². The molecule has 0 saturated heterocycles. The summed E-state index contributed by atoms with van der Waals surface area (Å²) in [7, 11) is 0. The summed E-state index contributed by atoms with van der Waals surface area (Å²) in [6, 6.07) is 0. The molecule has 0 unspecified atom stereocenters. The number of pyridine rings is 1. The fourth-order valence-corrected chi connectivity index (χ4v) is 2.04. The van der Waals surface area contributed by atoms with Crippen LogP contribution in [0.2, 0.25) is 0 Å². The number of aliphatic hydroxyl groups excluding tert-OH is 1. The molecule has 1 rings (SSSR count). The van der Waals surface area contributed by atoms with Gasteiger partial charge in [-0.05, 0) is 18.1 Å². The van der Waals surface area contributed by atoms with Crippen LogP contribution in [0.25, 0.3) is 0 Å². The number of halogens is 3. The van der Waals surface area contributed by atoms with Crippen LogP contribution in [0.3, 0.4) is 0 Å². The van der Waals surface area contributed by atoms with Crippen molar-refractivity contribution in [3.05, 3.63) is 28.6 Å². The molecule has 0 saturated carbocycles. The van der Waals surface area contributed by atoms with Crippen LogP contribution in [-0.2, 0) is 11.9 Å². The van der Waals surface area contributed by atoms with Gasteiger partial charge in [0.15, 0.2) is 0 Å². The topological polar surface area (TPSA) is 33.1 Å². The molecule has 0 fully saturated rings. The summed E-state index contributed by atoms with van der Waals surface area (Å²) in [5.74, 6) is 0. The van der Waals surface area contributed by atoms with Gasteiger partial charge in [0, 0.05) is 17.1 Å². The van der Waals surface area contributed by atoms with Gasteiger partial charge >= 0.3 is 0 Å². The molecular formula is C9H10BrF2NO. The van der Waals surface area contributed by atoms with E-state index in [1.54, 1.807) is 6.92 Å². The minimum Gasteiger partial charge on any atom is -0.392 e. The van der Waals surface area contributed by atoms with Gasteiger partial charge < -0.3 is 5.11 Å². The lowest BCUT2D eigenvalue weighted by Crippen LogP contribution is -2.03. The lowest BCUT2D eigenvalue weighted by Gasteiger charge is -2.11. The quantitative estimate of drug-likeness (QED) is 0.853. The first-order chi connectivity index (χ1) is 6.61. The van der Waals surface area contributed by atoms with E-state index in [0.29, 0.717) is 22.0 Å². The number of rotatable bonds is 3. The molecule has 0 aliphatic carbocycles. The van der Waals surface area contributed by atoms with E-state index >= 15 is 0 Å². The van der Waals surface area contributed by atoms with Crippen LogP contribution in [0.15, 0.2) is 6.20 Å². The van der Waals surface area contributed by atoms with Gasteiger partial charge in [0.1, 0.15) is 5.69 Å². The molecule has 0 amide bonds. The molecule has 2 nitrogen and oxygen atoms in total. The SMILES string of the molecule is Cc1c(C(F)F)ncc(CO)c1CBr. The lowest BCUT2D eigenvalue weighted by molar-refractivity contribution is 0.145. The van der Waals surface area contributed by atoms with Crippen LogP contribution >= 0.6 is 15.9 Å². The molecule has 78 valence electrons. The van der Waals surface area contributed by atoms with E-state index in [9.17, 15) is 8.78 Å². The highest BCUT2D eigenvalue weighted by atomic mass is 79.9. The third-order valence-corrected chi connectivity index (χ3v) is 2.66. The predicted octanol–water partition coefficient (Wildman–Crippen LogP) is 2.71. The van der Waals surface area contributed by atoms with Gasteiger partial charge in [-0.1, -0.05) is 15.9 Å². The number of alkyl halides is 3. The largest absolute Gasteiger partial charge is 0.392 e. The second-order valence-corrected chi connectivity index (χ2v) is 3.43. The highest BCUT2D eigenvalue weighted by molar-refractivity contribution is 9.08. The summed E-state index contributed by atoms with van der Waals surface area (Å²) in [6.45, 7) is 1.41. The van der Waals surface area contributed by atoms with Crippen LogP contribution in [0.4, 0.5) is 8.78 Å². The van der Waals surface area contributed by atoms with Crippen molar-refractivity contribution in [1.82, 2.24) is 4.98 Å². The number of hydrogen-bond donors (Lipinski definition) is 1. The summed E-state index contributed by atoms with van der Waals surface area (Å²) in [4.78, 5) is 3.63. The van der Waals surface area contributed by atoms with Gasteiger partial charge in [0.2, 0.25) is 0 Å². The highest BCUT2D eigenvalue weighted by Gasteiger charge is 2.16. The van der Waals surface area contributed by atoms with E-state index in [1.165, 1.54) is 6.20 Å². The first kappa shape index (κ1) is 11.5. The Balaban J connectivity index is 3.27. The maximum absolute atomic E-state index is 12.4. The summed E-state index contributed by atoms with van der Waals surface area (Å²) >= 11 is 3.20. The fraction of sp³-hybridized carbons (Fsp3) is 0.444. The molecule has 0 bridgehead atoms. The van der Waals surface area contributed by atoms with Crippen molar-refractivity contribution < 1.29 is 13.9 Å². The Hall–Kier alpha value is -0.550. The molecule has 0 aliphatic rings. The number of hydrogen-bond acceptors (Lipinski definition) is 2. The van der Waals surface area contributed by atoms with Gasteiger partial charge in [-0.25, -0.2) is 8.78 Å². The van der Waals surface area contributed by atoms with Gasteiger partial charge in [-0.15, -0.1) is 0 Å². The maximum atomic E-state index is 12.4. The maximum Gasteiger partial charge on any atom is 0.280 e. The van der Waals surface area contributed by atoms with Gasteiger partial charge in [-0.2, -0.15) is 0 Å². The number of aromatic nitrogens is 1. The van der Waals surface area contributed by atoms with E-state index in [2.05, 4.69) is 20.9 Å². The molecular weight excluding hydrogens is 256 g/mol. The first-order valence-corrected chi connectivity index (χ1v) is 5.16. The van der Waals surface area contributed by atoms with E-state index in [4.69, 9.17) is 5.11 Å². The smallest absolute Gasteiger partial charge is 0.280 e.